The molecule has 24 heavy (non-hydrogen) atoms. The van der Waals surface area contributed by atoms with Crippen LogP contribution >= 0.6 is 0 Å². The number of carbonyl (C=O) groups excluding carboxylic acids is 1. The van der Waals surface area contributed by atoms with Crippen LogP contribution in [0.15, 0.2) is 36.4 Å². The molecule has 2 rings (SSSR count). The van der Waals surface area contributed by atoms with Crippen LogP contribution in [0.5, 0.6) is 5.75 Å². The zero-order valence-corrected chi connectivity index (χ0v) is 13.3. The van der Waals surface area contributed by atoms with Gasteiger partial charge in [0.1, 0.15) is 18.2 Å². The predicted octanol–water partition coefficient (Wildman–Crippen LogP) is 3.16. The quantitative estimate of drug-likeness (QED) is 0.500. The Bertz CT molecular complexity index is 777. The molecule has 0 fully saturated rings. The molecule has 1 amide bonds. The maximum absolute atomic E-state index is 13.7. The van der Waals surface area contributed by atoms with Gasteiger partial charge in [-0.3, -0.25) is 14.9 Å². The molecule has 0 radical (unpaired) electrons. The summed E-state index contributed by atoms with van der Waals surface area (Å²) in [7, 11) is 0. The lowest BCUT2D eigenvalue weighted by Crippen LogP contribution is -2.28. The fourth-order valence-electron chi connectivity index (χ4n) is 2.13. The Labute approximate surface area is 138 Å². The lowest BCUT2D eigenvalue weighted by atomic mass is 10.1. The fourth-order valence-corrected chi connectivity index (χ4v) is 2.13. The molecule has 0 heterocycles. The van der Waals surface area contributed by atoms with E-state index in [9.17, 15) is 19.3 Å². The second-order valence-corrected chi connectivity index (χ2v) is 5.28. The summed E-state index contributed by atoms with van der Waals surface area (Å²) in [5.41, 5.74) is 0.440. The number of nitrogens with zero attached hydrogens (tertiary/aromatic N) is 1. The Balaban J connectivity index is 1.94. The SMILES string of the molecule is Cc1cccc(OCCNC(=O)c2cc(F)c(C)c([N+](=O)[O-])c2)c1. The first kappa shape index (κ1) is 17.4. The molecule has 7 heteroatoms. The van der Waals surface area contributed by atoms with Crippen LogP contribution in [-0.4, -0.2) is 24.0 Å². The molecular weight excluding hydrogens is 315 g/mol. The monoisotopic (exact) mass is 332 g/mol. The topological polar surface area (TPSA) is 81.5 Å². The highest BCUT2D eigenvalue weighted by Gasteiger charge is 2.19. The van der Waals surface area contributed by atoms with Crippen molar-refractivity contribution < 1.29 is 18.8 Å². The van der Waals surface area contributed by atoms with E-state index in [4.69, 9.17) is 4.74 Å². The van der Waals surface area contributed by atoms with Crippen LogP contribution < -0.4 is 10.1 Å². The second kappa shape index (κ2) is 7.54. The number of ether oxygens (including phenoxy) is 1. The Morgan fingerprint density at radius 3 is 2.71 bits per heavy atom. The molecule has 0 unspecified atom stereocenters. The molecule has 0 aliphatic rings. The molecular formula is C17H17FN2O4. The number of benzene rings is 2. The number of carbonyl (C=O) groups is 1. The molecule has 6 nitrogen and oxygen atoms in total. The van der Waals surface area contributed by atoms with Gasteiger partial charge in [0.05, 0.1) is 17.0 Å². The van der Waals surface area contributed by atoms with Crippen molar-refractivity contribution in [2.75, 3.05) is 13.2 Å². The Morgan fingerprint density at radius 1 is 1.29 bits per heavy atom. The van der Waals surface area contributed by atoms with E-state index in [-0.39, 0.29) is 24.3 Å². The highest BCUT2D eigenvalue weighted by atomic mass is 19.1. The lowest BCUT2D eigenvalue weighted by Gasteiger charge is -2.09. The van der Waals surface area contributed by atoms with Gasteiger partial charge in [0.15, 0.2) is 0 Å². The van der Waals surface area contributed by atoms with E-state index in [1.54, 1.807) is 6.07 Å². The summed E-state index contributed by atoms with van der Waals surface area (Å²) in [6.45, 7) is 3.65. The zero-order chi connectivity index (χ0) is 17.7. The van der Waals surface area contributed by atoms with Gasteiger partial charge in [-0.25, -0.2) is 4.39 Å². The van der Waals surface area contributed by atoms with Crippen molar-refractivity contribution in [3.05, 3.63) is 69.0 Å². The summed E-state index contributed by atoms with van der Waals surface area (Å²) < 4.78 is 19.2. The molecule has 2 aromatic carbocycles. The van der Waals surface area contributed by atoms with Crippen LogP contribution in [0, 0.1) is 29.8 Å². The van der Waals surface area contributed by atoms with E-state index in [0.29, 0.717) is 5.75 Å². The molecule has 126 valence electrons. The van der Waals surface area contributed by atoms with Crippen LogP contribution in [0.4, 0.5) is 10.1 Å². The van der Waals surface area contributed by atoms with Gasteiger partial charge in [-0.15, -0.1) is 0 Å². The van der Waals surface area contributed by atoms with Crippen molar-refractivity contribution in [1.82, 2.24) is 5.32 Å². The summed E-state index contributed by atoms with van der Waals surface area (Å²) in [4.78, 5) is 22.2. The lowest BCUT2D eigenvalue weighted by molar-refractivity contribution is -0.385. The first-order valence-corrected chi connectivity index (χ1v) is 7.30. The minimum Gasteiger partial charge on any atom is -0.492 e. The Hall–Kier alpha value is -2.96. The third-order valence-corrected chi connectivity index (χ3v) is 3.42. The van der Waals surface area contributed by atoms with Crippen molar-refractivity contribution in [3.8, 4) is 5.75 Å². The number of nitro benzene ring substituents is 1. The van der Waals surface area contributed by atoms with Crippen LogP contribution in [0.3, 0.4) is 0 Å². The van der Waals surface area contributed by atoms with E-state index in [1.807, 2.05) is 25.1 Å². The summed E-state index contributed by atoms with van der Waals surface area (Å²) >= 11 is 0. The first-order valence-electron chi connectivity index (χ1n) is 7.30. The Kier molecular flexibility index (Phi) is 5.47. The molecule has 0 saturated heterocycles. The number of hydrogen-bond donors (Lipinski definition) is 1. The Morgan fingerprint density at radius 2 is 2.04 bits per heavy atom. The highest BCUT2D eigenvalue weighted by Crippen LogP contribution is 2.22. The number of amides is 1. The van der Waals surface area contributed by atoms with E-state index in [1.165, 1.54) is 6.92 Å². The normalized spacial score (nSPS) is 10.3. The van der Waals surface area contributed by atoms with Crippen molar-refractivity contribution >= 4 is 11.6 Å². The van der Waals surface area contributed by atoms with Crippen molar-refractivity contribution in [2.24, 2.45) is 0 Å². The van der Waals surface area contributed by atoms with Gasteiger partial charge >= 0.3 is 0 Å². The predicted molar refractivity (Wildman–Crippen MR) is 86.8 cm³/mol. The standard InChI is InChI=1S/C17H17FN2O4/c1-11-4-3-5-14(8-11)24-7-6-19-17(21)13-9-15(18)12(2)16(10-13)20(22)23/h3-5,8-10H,6-7H2,1-2H3,(H,19,21). The van der Waals surface area contributed by atoms with Gasteiger partial charge in [-0.1, -0.05) is 12.1 Å². The van der Waals surface area contributed by atoms with Gasteiger partial charge in [0.2, 0.25) is 0 Å². The summed E-state index contributed by atoms with van der Waals surface area (Å²) in [5.74, 6) is -0.698. The molecule has 0 aromatic heterocycles. The number of aryl methyl sites for hydroxylation is 1. The van der Waals surface area contributed by atoms with Crippen LogP contribution in [0.2, 0.25) is 0 Å². The molecule has 0 aliphatic heterocycles. The number of halogens is 1. The molecule has 0 spiro atoms. The summed E-state index contributed by atoms with van der Waals surface area (Å²) in [5, 5.41) is 13.4. The zero-order valence-electron chi connectivity index (χ0n) is 13.3. The maximum atomic E-state index is 13.7. The summed E-state index contributed by atoms with van der Waals surface area (Å²) in [6, 6.07) is 9.51. The maximum Gasteiger partial charge on any atom is 0.276 e. The van der Waals surface area contributed by atoms with Crippen LogP contribution in [0.25, 0.3) is 0 Å². The minimum atomic E-state index is -0.787. The molecule has 0 saturated carbocycles. The largest absolute Gasteiger partial charge is 0.492 e. The molecule has 0 atom stereocenters. The number of nitro groups is 1. The number of nitrogens with one attached hydrogen (secondary N) is 1. The van der Waals surface area contributed by atoms with Gasteiger partial charge in [-0.05, 0) is 37.6 Å². The molecule has 1 N–H and O–H groups in total. The minimum absolute atomic E-state index is 0.0969. The fraction of sp³-hybridized carbons (Fsp3) is 0.235. The summed E-state index contributed by atoms with van der Waals surface area (Å²) in [6.07, 6.45) is 0. The average molecular weight is 332 g/mol. The van der Waals surface area contributed by atoms with E-state index >= 15 is 0 Å². The van der Waals surface area contributed by atoms with Crippen molar-refractivity contribution in [3.63, 3.8) is 0 Å². The third kappa shape index (κ3) is 4.28. The van der Waals surface area contributed by atoms with Crippen molar-refractivity contribution in [1.29, 1.82) is 0 Å². The number of rotatable bonds is 6. The molecule has 2 aromatic rings. The van der Waals surface area contributed by atoms with Gasteiger partial charge < -0.3 is 10.1 Å². The van der Waals surface area contributed by atoms with E-state index in [2.05, 4.69) is 5.32 Å². The highest BCUT2D eigenvalue weighted by molar-refractivity contribution is 5.95. The van der Waals surface area contributed by atoms with Gasteiger partial charge in [0, 0.05) is 11.6 Å². The third-order valence-electron chi connectivity index (χ3n) is 3.42. The average Bonchev–Trinajstić information content (AvgIpc) is 2.53. The first-order chi connectivity index (χ1) is 11.4. The smallest absolute Gasteiger partial charge is 0.276 e. The van der Waals surface area contributed by atoms with E-state index < -0.39 is 22.3 Å². The molecule has 0 aliphatic carbocycles. The number of hydrogen-bond acceptors (Lipinski definition) is 4. The van der Waals surface area contributed by atoms with Gasteiger partial charge in [0.25, 0.3) is 11.6 Å². The van der Waals surface area contributed by atoms with Crippen LogP contribution in [0.1, 0.15) is 21.5 Å². The molecule has 0 bridgehead atoms. The van der Waals surface area contributed by atoms with Crippen molar-refractivity contribution in [2.45, 2.75) is 13.8 Å². The van der Waals surface area contributed by atoms with Gasteiger partial charge in [-0.2, -0.15) is 0 Å². The second-order valence-electron chi connectivity index (χ2n) is 5.28. The van der Waals surface area contributed by atoms with E-state index in [0.717, 1.165) is 17.7 Å². The van der Waals surface area contributed by atoms with Crippen LogP contribution in [-0.2, 0) is 0 Å².